The van der Waals surface area contributed by atoms with Gasteiger partial charge in [-0.3, -0.25) is 9.59 Å². The summed E-state index contributed by atoms with van der Waals surface area (Å²) >= 11 is 0. The van der Waals surface area contributed by atoms with Crippen molar-refractivity contribution in [2.75, 3.05) is 26.9 Å². The molecule has 3 aromatic carbocycles. The molecule has 7 heteroatoms. The zero-order valence-electron chi connectivity index (χ0n) is 23.4. The highest BCUT2D eigenvalue weighted by molar-refractivity contribution is 6.46. The van der Waals surface area contributed by atoms with Crippen molar-refractivity contribution >= 4 is 17.4 Å². The molecule has 0 spiro atoms. The quantitative estimate of drug-likeness (QED) is 0.117. The molecule has 40 heavy (non-hydrogen) atoms. The smallest absolute Gasteiger partial charge is 0.295 e. The van der Waals surface area contributed by atoms with Crippen LogP contribution in [0.25, 0.3) is 5.76 Å². The molecule has 4 rings (SSSR count). The minimum Gasteiger partial charge on any atom is -0.507 e. The van der Waals surface area contributed by atoms with E-state index in [1.807, 2.05) is 43.3 Å². The summed E-state index contributed by atoms with van der Waals surface area (Å²) in [6, 6.07) is 21.3. The number of rotatable bonds is 13. The van der Waals surface area contributed by atoms with Crippen LogP contribution in [0.4, 0.5) is 0 Å². The fraction of sp³-hybridized carbons (Fsp3) is 0.333. The average molecular weight is 544 g/mol. The molecule has 1 N–H and O–H groups in total. The van der Waals surface area contributed by atoms with E-state index >= 15 is 0 Å². The molecule has 1 amide bonds. The van der Waals surface area contributed by atoms with Gasteiger partial charge in [-0.1, -0.05) is 68.8 Å². The molecule has 3 aromatic rings. The van der Waals surface area contributed by atoms with Crippen LogP contribution >= 0.6 is 0 Å². The molecule has 210 valence electrons. The second-order valence-electron chi connectivity index (χ2n) is 9.72. The molecular weight excluding hydrogens is 506 g/mol. The van der Waals surface area contributed by atoms with Gasteiger partial charge in [-0.25, -0.2) is 0 Å². The molecule has 1 aliphatic heterocycles. The number of methoxy groups -OCH3 is 1. The van der Waals surface area contributed by atoms with E-state index < -0.39 is 17.7 Å². The van der Waals surface area contributed by atoms with Gasteiger partial charge in [0.25, 0.3) is 11.7 Å². The maximum Gasteiger partial charge on any atom is 0.295 e. The molecule has 0 aromatic heterocycles. The highest BCUT2D eigenvalue weighted by Gasteiger charge is 2.46. The number of Topliss-reactive ketones (excluding diaryl/α,β-unsaturated/α-hetero) is 1. The Bertz CT molecular complexity index is 1350. The number of amides is 1. The summed E-state index contributed by atoms with van der Waals surface area (Å²) < 4.78 is 17.3. The van der Waals surface area contributed by atoms with E-state index in [1.54, 1.807) is 43.5 Å². The molecule has 1 saturated heterocycles. The van der Waals surface area contributed by atoms with E-state index in [-0.39, 0.29) is 11.3 Å². The fourth-order valence-corrected chi connectivity index (χ4v) is 4.76. The number of ether oxygens (including phenoxy) is 3. The van der Waals surface area contributed by atoms with Crippen molar-refractivity contribution in [2.24, 2.45) is 0 Å². The van der Waals surface area contributed by atoms with Gasteiger partial charge in [0.15, 0.2) is 11.5 Å². The number of nitrogens with zero attached hydrogens (tertiary/aromatic N) is 1. The highest BCUT2D eigenvalue weighted by Crippen LogP contribution is 2.42. The van der Waals surface area contributed by atoms with Gasteiger partial charge in [0, 0.05) is 12.1 Å². The second kappa shape index (κ2) is 13.7. The van der Waals surface area contributed by atoms with Crippen LogP contribution in [0.5, 0.6) is 17.2 Å². The Morgan fingerprint density at radius 3 is 2.40 bits per heavy atom. The lowest BCUT2D eigenvalue weighted by atomic mass is 9.94. The van der Waals surface area contributed by atoms with Crippen LogP contribution in [0.15, 0.2) is 78.4 Å². The first-order chi connectivity index (χ1) is 19.5. The van der Waals surface area contributed by atoms with Crippen LogP contribution in [-0.4, -0.2) is 48.6 Å². The number of hydrogen-bond acceptors (Lipinski definition) is 6. The van der Waals surface area contributed by atoms with E-state index in [1.165, 1.54) is 4.90 Å². The molecular formula is C33H37NO6. The predicted octanol–water partition coefficient (Wildman–Crippen LogP) is 6.33. The first-order valence-corrected chi connectivity index (χ1v) is 13.8. The van der Waals surface area contributed by atoms with Crippen LogP contribution in [0, 0.1) is 0 Å². The van der Waals surface area contributed by atoms with Crippen LogP contribution in [-0.2, 0) is 16.0 Å². The molecule has 0 aliphatic carbocycles. The van der Waals surface area contributed by atoms with Gasteiger partial charge in [-0.2, -0.15) is 0 Å². The molecule has 0 saturated carbocycles. The molecule has 1 heterocycles. The number of hydrogen-bond donors (Lipinski definition) is 1. The minimum absolute atomic E-state index is 0.0346. The van der Waals surface area contributed by atoms with Crippen molar-refractivity contribution in [3.05, 3.63) is 95.1 Å². The normalized spacial score (nSPS) is 16.3. The number of benzene rings is 3. The van der Waals surface area contributed by atoms with Crippen LogP contribution in [0.2, 0.25) is 0 Å². The standard InChI is InChI=1S/C33H37NO6/c1-4-6-20-40-27-16-15-24(22-28(27)38-3)30-29(31(35)25-13-10-14-26(21-25)39-19-5-2)32(36)33(37)34(30)18-17-23-11-8-7-9-12-23/h7-16,21-22,30,35H,4-6,17-20H2,1-3H3/b31-29+. The third-order valence-electron chi connectivity index (χ3n) is 6.86. The number of likely N-dealkylation sites (tertiary alicyclic amines) is 1. The summed E-state index contributed by atoms with van der Waals surface area (Å²) in [6.07, 6.45) is 3.30. The van der Waals surface area contributed by atoms with E-state index in [4.69, 9.17) is 14.2 Å². The van der Waals surface area contributed by atoms with Gasteiger partial charge in [0.1, 0.15) is 11.5 Å². The van der Waals surface area contributed by atoms with Crippen LogP contribution in [0.1, 0.15) is 55.8 Å². The number of aliphatic hydroxyl groups is 1. The summed E-state index contributed by atoms with van der Waals surface area (Å²) in [6.45, 7) is 5.48. The molecule has 1 unspecified atom stereocenters. The maximum atomic E-state index is 13.5. The van der Waals surface area contributed by atoms with Crippen molar-refractivity contribution in [3.63, 3.8) is 0 Å². The van der Waals surface area contributed by atoms with Gasteiger partial charge in [0.05, 0.1) is 31.9 Å². The Kier molecular flexibility index (Phi) is 9.84. The number of carbonyl (C=O) groups is 2. The lowest BCUT2D eigenvalue weighted by Gasteiger charge is -2.26. The Hall–Kier alpha value is -4.26. The fourth-order valence-electron chi connectivity index (χ4n) is 4.76. The topological polar surface area (TPSA) is 85.3 Å². The largest absolute Gasteiger partial charge is 0.507 e. The molecule has 0 radical (unpaired) electrons. The highest BCUT2D eigenvalue weighted by atomic mass is 16.5. The van der Waals surface area contributed by atoms with Gasteiger partial charge >= 0.3 is 0 Å². The van der Waals surface area contributed by atoms with Gasteiger partial charge in [-0.15, -0.1) is 0 Å². The lowest BCUT2D eigenvalue weighted by Crippen LogP contribution is -2.31. The van der Waals surface area contributed by atoms with Crippen LogP contribution in [0.3, 0.4) is 0 Å². The number of ketones is 1. The third kappa shape index (κ3) is 6.47. The lowest BCUT2D eigenvalue weighted by molar-refractivity contribution is -0.139. The Morgan fingerprint density at radius 2 is 1.68 bits per heavy atom. The summed E-state index contributed by atoms with van der Waals surface area (Å²) in [4.78, 5) is 28.4. The Balaban J connectivity index is 1.77. The van der Waals surface area contributed by atoms with Crippen molar-refractivity contribution in [1.82, 2.24) is 4.90 Å². The zero-order chi connectivity index (χ0) is 28.5. The van der Waals surface area contributed by atoms with Crippen molar-refractivity contribution in [1.29, 1.82) is 0 Å². The van der Waals surface area contributed by atoms with Gasteiger partial charge < -0.3 is 24.2 Å². The summed E-state index contributed by atoms with van der Waals surface area (Å²) in [5.74, 6) is 0.0467. The molecule has 1 fully saturated rings. The second-order valence-corrected chi connectivity index (χ2v) is 9.72. The van der Waals surface area contributed by atoms with Gasteiger partial charge in [-0.05, 0) is 54.7 Å². The molecule has 0 bridgehead atoms. The van der Waals surface area contributed by atoms with Gasteiger partial charge in [0.2, 0.25) is 0 Å². The maximum absolute atomic E-state index is 13.5. The summed E-state index contributed by atoms with van der Waals surface area (Å²) in [5.41, 5.74) is 2.13. The van der Waals surface area contributed by atoms with E-state index in [0.717, 1.165) is 24.8 Å². The number of aliphatic hydroxyl groups excluding tert-OH is 1. The molecule has 1 atom stereocenters. The zero-order valence-corrected chi connectivity index (χ0v) is 23.4. The first-order valence-electron chi connectivity index (χ1n) is 13.8. The average Bonchev–Trinajstić information content (AvgIpc) is 3.24. The van der Waals surface area contributed by atoms with Crippen molar-refractivity contribution in [3.8, 4) is 17.2 Å². The number of unbranched alkanes of at least 4 members (excludes halogenated alkanes) is 1. The van der Waals surface area contributed by atoms with E-state index in [9.17, 15) is 14.7 Å². The summed E-state index contributed by atoms with van der Waals surface area (Å²) in [5, 5.41) is 11.5. The molecule has 7 nitrogen and oxygen atoms in total. The minimum atomic E-state index is -0.803. The van der Waals surface area contributed by atoms with Crippen molar-refractivity contribution < 1.29 is 28.9 Å². The van der Waals surface area contributed by atoms with E-state index in [0.29, 0.717) is 54.6 Å². The number of carbonyl (C=O) groups excluding carboxylic acids is 2. The Labute approximate surface area is 236 Å². The van der Waals surface area contributed by atoms with Crippen molar-refractivity contribution in [2.45, 2.75) is 45.6 Å². The molecule has 1 aliphatic rings. The Morgan fingerprint density at radius 1 is 0.875 bits per heavy atom. The summed E-state index contributed by atoms with van der Waals surface area (Å²) in [7, 11) is 1.56. The third-order valence-corrected chi connectivity index (χ3v) is 6.86. The SMILES string of the molecule is CCCCOc1ccc(C2/C(=C(\O)c3cccc(OCCC)c3)C(=O)C(=O)N2CCc2ccccc2)cc1OC. The van der Waals surface area contributed by atoms with Crippen LogP contribution < -0.4 is 14.2 Å². The predicted molar refractivity (Wildman–Crippen MR) is 155 cm³/mol. The monoisotopic (exact) mass is 543 g/mol. The van der Waals surface area contributed by atoms with E-state index in [2.05, 4.69) is 6.92 Å². The first kappa shape index (κ1) is 28.7.